The second kappa shape index (κ2) is 3.50. The molecule has 2 heterocycles. The predicted octanol–water partition coefficient (Wildman–Crippen LogP) is -0.220. The zero-order valence-corrected chi connectivity index (χ0v) is 9.67. The van der Waals surface area contributed by atoms with Gasteiger partial charge in [0.05, 0.1) is 11.8 Å². The summed E-state index contributed by atoms with van der Waals surface area (Å²) in [5.74, 6) is 0.0297. The molecule has 16 heavy (non-hydrogen) atoms. The molecule has 0 aliphatic heterocycles. The maximum atomic E-state index is 11.3. The number of nitrogens with one attached hydrogen (secondary N) is 1. The highest BCUT2D eigenvalue weighted by Crippen LogP contribution is 2.23. The van der Waals surface area contributed by atoms with E-state index in [1.807, 2.05) is 0 Å². The van der Waals surface area contributed by atoms with Crippen LogP contribution in [0.3, 0.4) is 0 Å². The number of H-pyrrole nitrogens is 1. The van der Waals surface area contributed by atoms with E-state index < -0.39 is 10.0 Å². The van der Waals surface area contributed by atoms with Crippen molar-refractivity contribution >= 4 is 22.2 Å². The van der Waals surface area contributed by atoms with E-state index in [9.17, 15) is 8.42 Å². The summed E-state index contributed by atoms with van der Waals surface area (Å²) < 4.78 is 28.8. The third-order valence-corrected chi connectivity index (χ3v) is 3.02. The number of nitrogens with zero attached hydrogens (tertiary/aromatic N) is 3. The number of hydrogen-bond donors (Lipinski definition) is 2. The molecule has 0 radical (unpaired) electrons. The molecule has 0 fully saturated rings. The van der Waals surface area contributed by atoms with E-state index in [1.54, 1.807) is 0 Å². The summed E-state index contributed by atoms with van der Waals surface area (Å²) in [5, 5.41) is 14.7. The lowest BCUT2D eigenvalue weighted by Crippen LogP contribution is -2.17. The van der Waals surface area contributed by atoms with Gasteiger partial charge in [0.15, 0.2) is 5.03 Å². The van der Waals surface area contributed by atoms with Crippen molar-refractivity contribution in [3.63, 3.8) is 0 Å². The molecule has 2 aromatic rings. The van der Waals surface area contributed by atoms with Crippen LogP contribution in [0.15, 0.2) is 15.6 Å². The normalized spacial score (nSPS) is 11.9. The van der Waals surface area contributed by atoms with Gasteiger partial charge in [0.25, 0.3) is 20.8 Å². The quantitative estimate of drug-likeness (QED) is 0.721. The number of sulfonamides is 1. The Kier molecular flexibility index (Phi) is 2.40. The van der Waals surface area contributed by atoms with Crippen LogP contribution in [0.25, 0.3) is 11.5 Å². The van der Waals surface area contributed by atoms with Gasteiger partial charge in [-0.25, -0.2) is 18.7 Å². The van der Waals surface area contributed by atoms with E-state index in [4.69, 9.17) is 9.56 Å². The van der Waals surface area contributed by atoms with E-state index in [2.05, 4.69) is 27.5 Å². The third-order valence-electron chi connectivity index (χ3n) is 1.82. The number of aromatic amines is 1. The average molecular weight is 261 g/mol. The minimum Gasteiger partial charge on any atom is -0.409 e. The molecule has 0 amide bonds. The predicted molar refractivity (Wildman–Crippen MR) is 55.3 cm³/mol. The SMILES string of the molecule is Cn1ncc(-c2n[nH]c(=S)o2)c1S(N)(=O)=O. The maximum absolute atomic E-state index is 11.3. The van der Waals surface area contributed by atoms with Crippen molar-refractivity contribution in [1.82, 2.24) is 20.0 Å². The first-order valence-electron chi connectivity index (χ1n) is 4.00. The molecular formula is C6H7N5O3S2. The van der Waals surface area contributed by atoms with Crippen LogP contribution in [-0.2, 0) is 17.1 Å². The molecule has 10 heteroatoms. The Morgan fingerprint density at radius 2 is 2.31 bits per heavy atom. The molecule has 0 spiro atoms. The Balaban J connectivity index is 2.73. The van der Waals surface area contributed by atoms with Crippen LogP contribution >= 0.6 is 12.2 Å². The molecule has 0 aliphatic rings. The van der Waals surface area contributed by atoms with E-state index in [0.717, 1.165) is 4.68 Å². The van der Waals surface area contributed by atoms with Crippen LogP contribution in [-0.4, -0.2) is 28.4 Å². The number of aromatic nitrogens is 4. The van der Waals surface area contributed by atoms with Gasteiger partial charge in [0.1, 0.15) is 0 Å². The highest BCUT2D eigenvalue weighted by atomic mass is 32.2. The number of rotatable bonds is 2. The molecule has 0 aromatic carbocycles. The standard InChI is InChI=1S/C6H7N5O3S2/c1-11-5(16(7,12)13)3(2-8-11)4-9-10-6(15)14-4/h2H,1H3,(H,10,15)(H2,7,12,13). The van der Waals surface area contributed by atoms with Crippen molar-refractivity contribution in [2.45, 2.75) is 5.03 Å². The molecule has 2 aromatic heterocycles. The van der Waals surface area contributed by atoms with Crippen LogP contribution in [0, 0.1) is 4.84 Å². The second-order valence-corrected chi connectivity index (χ2v) is 4.80. The van der Waals surface area contributed by atoms with E-state index >= 15 is 0 Å². The van der Waals surface area contributed by atoms with Crippen LogP contribution in [0.4, 0.5) is 0 Å². The zero-order valence-electron chi connectivity index (χ0n) is 8.04. The highest BCUT2D eigenvalue weighted by Gasteiger charge is 2.23. The summed E-state index contributed by atoms with van der Waals surface area (Å²) in [6, 6.07) is 0. The van der Waals surface area contributed by atoms with Gasteiger partial charge in [0, 0.05) is 7.05 Å². The number of hydrogen-bond acceptors (Lipinski definition) is 6. The Morgan fingerprint density at radius 3 is 2.81 bits per heavy atom. The molecule has 0 atom stereocenters. The van der Waals surface area contributed by atoms with Crippen LogP contribution in [0.1, 0.15) is 0 Å². The van der Waals surface area contributed by atoms with Gasteiger partial charge in [-0.1, -0.05) is 0 Å². The van der Waals surface area contributed by atoms with Crippen molar-refractivity contribution in [2.24, 2.45) is 12.2 Å². The summed E-state index contributed by atoms with van der Waals surface area (Å²) in [5.41, 5.74) is 0.164. The van der Waals surface area contributed by atoms with Crippen molar-refractivity contribution in [3.05, 3.63) is 11.0 Å². The largest absolute Gasteiger partial charge is 0.409 e. The lowest BCUT2D eigenvalue weighted by atomic mass is 10.4. The van der Waals surface area contributed by atoms with Gasteiger partial charge in [-0.05, 0) is 12.2 Å². The first-order chi connectivity index (χ1) is 7.39. The Hall–Kier alpha value is -1.52. The van der Waals surface area contributed by atoms with Gasteiger partial charge in [-0.2, -0.15) is 5.10 Å². The molecule has 3 N–H and O–H groups in total. The topological polar surface area (TPSA) is 120 Å². The molecular weight excluding hydrogens is 254 g/mol. The van der Waals surface area contributed by atoms with Crippen LogP contribution in [0.5, 0.6) is 0 Å². The summed E-state index contributed by atoms with van der Waals surface area (Å²) >= 11 is 4.68. The monoisotopic (exact) mass is 261 g/mol. The Morgan fingerprint density at radius 1 is 1.62 bits per heavy atom. The van der Waals surface area contributed by atoms with Gasteiger partial charge in [0.2, 0.25) is 0 Å². The van der Waals surface area contributed by atoms with Crippen molar-refractivity contribution in [3.8, 4) is 11.5 Å². The van der Waals surface area contributed by atoms with Gasteiger partial charge < -0.3 is 4.42 Å². The number of aryl methyl sites for hydroxylation is 1. The van der Waals surface area contributed by atoms with Gasteiger partial charge in [-0.15, -0.1) is 5.10 Å². The van der Waals surface area contributed by atoms with E-state index in [-0.39, 0.29) is 21.3 Å². The van der Waals surface area contributed by atoms with E-state index in [0.29, 0.717) is 0 Å². The van der Waals surface area contributed by atoms with E-state index in [1.165, 1.54) is 13.2 Å². The minimum atomic E-state index is -3.91. The average Bonchev–Trinajstić information content (AvgIpc) is 2.70. The fourth-order valence-corrected chi connectivity index (χ4v) is 2.24. The van der Waals surface area contributed by atoms with Crippen LogP contribution < -0.4 is 5.14 Å². The molecule has 0 unspecified atom stereocenters. The summed E-state index contributed by atoms with van der Waals surface area (Å²) in [4.78, 5) is 0.0409. The molecule has 86 valence electrons. The molecule has 0 saturated heterocycles. The van der Waals surface area contributed by atoms with Crippen LogP contribution in [0.2, 0.25) is 0 Å². The minimum absolute atomic E-state index is 0.0297. The van der Waals surface area contributed by atoms with Crippen molar-refractivity contribution in [1.29, 1.82) is 0 Å². The summed E-state index contributed by atoms with van der Waals surface area (Å²) in [6.45, 7) is 0. The maximum Gasteiger partial charge on any atom is 0.284 e. The molecule has 8 nitrogen and oxygen atoms in total. The Labute approximate surface area is 95.1 Å². The third kappa shape index (κ3) is 1.77. The fraction of sp³-hybridized carbons (Fsp3) is 0.167. The molecule has 0 bridgehead atoms. The van der Waals surface area contributed by atoms with Crippen molar-refractivity contribution in [2.75, 3.05) is 0 Å². The van der Waals surface area contributed by atoms with Gasteiger partial charge >= 0.3 is 0 Å². The first-order valence-corrected chi connectivity index (χ1v) is 5.96. The Bertz CT molecular complexity index is 679. The lowest BCUT2D eigenvalue weighted by Gasteiger charge is -1.99. The smallest absolute Gasteiger partial charge is 0.284 e. The fourth-order valence-electron chi connectivity index (χ4n) is 1.26. The first kappa shape index (κ1) is 11.0. The zero-order chi connectivity index (χ0) is 11.9. The molecule has 0 saturated carbocycles. The highest BCUT2D eigenvalue weighted by molar-refractivity contribution is 7.89. The van der Waals surface area contributed by atoms with Gasteiger partial charge in [-0.3, -0.25) is 4.68 Å². The summed E-state index contributed by atoms with van der Waals surface area (Å²) in [6.07, 6.45) is 1.29. The number of nitrogens with two attached hydrogens (primary N) is 1. The molecule has 2 rings (SSSR count). The lowest BCUT2D eigenvalue weighted by molar-refractivity contribution is 0.546. The second-order valence-electron chi connectivity index (χ2n) is 2.95. The van der Waals surface area contributed by atoms with Crippen molar-refractivity contribution < 1.29 is 12.8 Å². The molecule has 0 aliphatic carbocycles. The number of primary sulfonamides is 1. The summed E-state index contributed by atoms with van der Waals surface area (Å²) in [7, 11) is -2.46.